The van der Waals surface area contributed by atoms with Crippen molar-refractivity contribution in [3.8, 4) is 0 Å². The summed E-state index contributed by atoms with van der Waals surface area (Å²) in [5, 5.41) is 24.6. The molecule has 0 aromatic heterocycles. The molecular weight excluding hydrogens is 306 g/mol. The number of hydrogen-bond acceptors (Lipinski definition) is 7. The lowest BCUT2D eigenvalue weighted by atomic mass is 9.53. The molecule has 1 unspecified atom stereocenters. The molecule has 8 heteroatoms. The van der Waals surface area contributed by atoms with Crippen LogP contribution in [0, 0.1) is 10.8 Å². The highest BCUT2D eigenvalue weighted by molar-refractivity contribution is 6.00. The molecule has 3 N–H and O–H groups in total. The summed E-state index contributed by atoms with van der Waals surface area (Å²) in [5.74, 6) is -4.34. The van der Waals surface area contributed by atoms with Crippen LogP contribution in [0.2, 0.25) is 0 Å². The van der Waals surface area contributed by atoms with E-state index in [9.17, 15) is 24.6 Å². The van der Waals surface area contributed by atoms with Gasteiger partial charge in [0, 0.05) is 18.4 Å². The molecule has 2 saturated heterocycles. The number of hydrogen-bond donors (Lipinski definition) is 3. The highest BCUT2D eigenvalue weighted by atomic mass is 16.7. The normalized spacial score (nSPS) is 50.3. The average Bonchev–Trinajstić information content (AvgIpc) is 3.08. The Hall–Kier alpha value is -1.77. The summed E-state index contributed by atoms with van der Waals surface area (Å²) in [6, 6.07) is 0. The fourth-order valence-electron chi connectivity index (χ4n) is 4.92. The zero-order valence-corrected chi connectivity index (χ0v) is 12.7. The number of methoxy groups -OCH3 is 1. The monoisotopic (exact) mass is 323 g/mol. The first-order valence-electron chi connectivity index (χ1n) is 7.40. The fraction of sp³-hybridized carbons (Fsp3) is 0.667. The van der Waals surface area contributed by atoms with Gasteiger partial charge in [0.25, 0.3) is 11.7 Å². The maximum Gasteiger partial charge on any atom is 0.367 e. The molecule has 0 aromatic carbocycles. The number of ether oxygens (including phenoxy) is 2. The Balaban J connectivity index is 2.00. The van der Waals surface area contributed by atoms with Crippen molar-refractivity contribution in [3.63, 3.8) is 0 Å². The van der Waals surface area contributed by atoms with Gasteiger partial charge in [0.05, 0.1) is 12.5 Å². The van der Waals surface area contributed by atoms with E-state index in [1.54, 1.807) is 6.92 Å². The first kappa shape index (κ1) is 14.8. The minimum Gasteiger partial charge on any atom is -0.465 e. The Morgan fingerprint density at radius 1 is 1.43 bits per heavy atom. The van der Waals surface area contributed by atoms with Gasteiger partial charge in [-0.05, 0) is 18.1 Å². The van der Waals surface area contributed by atoms with Crippen LogP contribution < -0.4 is 5.32 Å². The molecule has 124 valence electrons. The maximum atomic E-state index is 12.3. The van der Waals surface area contributed by atoms with Crippen LogP contribution in [-0.2, 0) is 23.9 Å². The van der Waals surface area contributed by atoms with Crippen molar-refractivity contribution in [2.75, 3.05) is 13.7 Å². The van der Waals surface area contributed by atoms with Crippen LogP contribution in [-0.4, -0.2) is 59.0 Å². The molecule has 4 rings (SSSR count). The summed E-state index contributed by atoms with van der Waals surface area (Å²) in [6.45, 7) is 1.74. The van der Waals surface area contributed by atoms with Crippen molar-refractivity contribution < 1.29 is 34.1 Å². The van der Waals surface area contributed by atoms with Gasteiger partial charge < -0.3 is 25.0 Å². The van der Waals surface area contributed by atoms with E-state index in [0.29, 0.717) is 5.57 Å². The van der Waals surface area contributed by atoms with E-state index in [4.69, 9.17) is 4.74 Å². The van der Waals surface area contributed by atoms with Crippen molar-refractivity contribution >= 4 is 17.7 Å². The molecule has 23 heavy (non-hydrogen) atoms. The maximum absolute atomic E-state index is 12.3. The number of carbonyl (C=O) groups excluding carboxylic acids is 3. The molecule has 2 aliphatic heterocycles. The number of amides is 1. The van der Waals surface area contributed by atoms with E-state index in [0.717, 1.165) is 7.11 Å². The molecule has 2 heterocycles. The summed E-state index contributed by atoms with van der Waals surface area (Å²) >= 11 is 0. The third-order valence-electron chi connectivity index (χ3n) is 6.10. The lowest BCUT2D eigenvalue weighted by molar-refractivity contribution is -0.249. The van der Waals surface area contributed by atoms with Crippen LogP contribution in [0.15, 0.2) is 11.6 Å². The standard InChI is InChI=1S/C15H17NO7/c1-12-6-16-10(18)14(12,20)9-5-13(4-7(17)3-8(12)13)15(21,23-9)11(19)22-2/h3,9,20-21H,4-6H2,1-2H3,(H,16,18)/t9-,12+,13+,14-,15?/m1/s1. The largest absolute Gasteiger partial charge is 0.465 e. The van der Waals surface area contributed by atoms with Gasteiger partial charge in [-0.3, -0.25) is 9.59 Å². The summed E-state index contributed by atoms with van der Waals surface area (Å²) in [5.41, 5.74) is -4.03. The Morgan fingerprint density at radius 3 is 2.78 bits per heavy atom. The Morgan fingerprint density at radius 2 is 2.13 bits per heavy atom. The summed E-state index contributed by atoms with van der Waals surface area (Å²) in [7, 11) is 1.10. The number of esters is 1. The number of nitrogens with one attached hydrogen (secondary N) is 1. The molecule has 0 aromatic rings. The van der Waals surface area contributed by atoms with Gasteiger partial charge in [-0.25, -0.2) is 4.79 Å². The molecule has 8 nitrogen and oxygen atoms in total. The van der Waals surface area contributed by atoms with Gasteiger partial charge in [0.15, 0.2) is 11.4 Å². The Kier molecular flexibility index (Phi) is 2.46. The minimum atomic E-state index is -2.40. The van der Waals surface area contributed by atoms with E-state index in [1.165, 1.54) is 6.08 Å². The predicted octanol–water partition coefficient (Wildman–Crippen LogP) is -1.60. The zero-order chi connectivity index (χ0) is 16.8. The van der Waals surface area contributed by atoms with Gasteiger partial charge in [0.1, 0.15) is 6.10 Å². The summed E-state index contributed by atoms with van der Waals surface area (Å²) in [4.78, 5) is 36.6. The van der Waals surface area contributed by atoms with Gasteiger partial charge in [0.2, 0.25) is 0 Å². The number of allylic oxidation sites excluding steroid dienone is 1. The molecular formula is C15H17NO7. The lowest BCUT2D eigenvalue weighted by Gasteiger charge is -2.49. The van der Waals surface area contributed by atoms with E-state index in [1.807, 2.05) is 0 Å². The molecule has 5 atom stereocenters. The van der Waals surface area contributed by atoms with Gasteiger partial charge in [-0.15, -0.1) is 0 Å². The fourth-order valence-corrected chi connectivity index (χ4v) is 4.92. The highest BCUT2D eigenvalue weighted by Gasteiger charge is 2.82. The highest BCUT2D eigenvalue weighted by Crippen LogP contribution is 2.69. The molecule has 4 aliphatic rings. The smallest absolute Gasteiger partial charge is 0.367 e. The van der Waals surface area contributed by atoms with Crippen LogP contribution in [0.4, 0.5) is 0 Å². The third-order valence-corrected chi connectivity index (χ3v) is 6.10. The molecule has 0 radical (unpaired) electrons. The van der Waals surface area contributed by atoms with Crippen LogP contribution >= 0.6 is 0 Å². The second-order valence-corrected chi connectivity index (χ2v) is 7.01. The minimum absolute atomic E-state index is 0.00428. The van der Waals surface area contributed by atoms with E-state index in [2.05, 4.69) is 10.1 Å². The van der Waals surface area contributed by atoms with Crippen LogP contribution in [0.3, 0.4) is 0 Å². The van der Waals surface area contributed by atoms with Crippen molar-refractivity contribution in [1.29, 1.82) is 0 Å². The van der Waals surface area contributed by atoms with Gasteiger partial charge in [-0.2, -0.15) is 0 Å². The van der Waals surface area contributed by atoms with E-state index in [-0.39, 0.29) is 25.2 Å². The molecule has 1 saturated carbocycles. The van der Waals surface area contributed by atoms with Crippen molar-refractivity contribution in [2.24, 2.45) is 10.8 Å². The topological polar surface area (TPSA) is 122 Å². The summed E-state index contributed by atoms with van der Waals surface area (Å²) < 4.78 is 10.2. The Labute approximate surface area is 131 Å². The molecule has 2 bridgehead atoms. The van der Waals surface area contributed by atoms with E-state index >= 15 is 0 Å². The lowest BCUT2D eigenvalue weighted by Crippen LogP contribution is -2.62. The average molecular weight is 323 g/mol. The molecule has 1 spiro atoms. The number of aliphatic hydroxyl groups is 2. The predicted molar refractivity (Wildman–Crippen MR) is 72.7 cm³/mol. The van der Waals surface area contributed by atoms with Crippen LogP contribution in [0.25, 0.3) is 0 Å². The second kappa shape index (κ2) is 3.82. The molecule has 3 fully saturated rings. The third kappa shape index (κ3) is 1.25. The van der Waals surface area contributed by atoms with Crippen molar-refractivity contribution in [1.82, 2.24) is 5.32 Å². The van der Waals surface area contributed by atoms with Gasteiger partial charge >= 0.3 is 5.97 Å². The quantitative estimate of drug-likeness (QED) is 0.497. The number of ketones is 1. The first-order valence-corrected chi connectivity index (χ1v) is 7.40. The molecule has 2 aliphatic carbocycles. The van der Waals surface area contributed by atoms with Crippen LogP contribution in [0.5, 0.6) is 0 Å². The molecule has 1 amide bonds. The second-order valence-electron chi connectivity index (χ2n) is 7.01. The first-order chi connectivity index (χ1) is 10.7. The van der Waals surface area contributed by atoms with Crippen molar-refractivity contribution in [3.05, 3.63) is 11.6 Å². The Bertz CT molecular complexity index is 702. The zero-order valence-electron chi connectivity index (χ0n) is 12.7. The number of carbonyl (C=O) groups is 3. The van der Waals surface area contributed by atoms with Crippen LogP contribution in [0.1, 0.15) is 19.8 Å². The SMILES string of the molecule is COC(=O)C1(O)O[C@@H]2C[C@]13CC(=O)C=C3[C@]1(C)CNC(=O)[C@]21O. The van der Waals surface area contributed by atoms with Crippen molar-refractivity contribution in [2.45, 2.75) is 37.3 Å². The van der Waals surface area contributed by atoms with E-state index < -0.39 is 40.2 Å². The van der Waals surface area contributed by atoms with Gasteiger partial charge in [-0.1, -0.05) is 6.92 Å². The number of rotatable bonds is 1. The summed E-state index contributed by atoms with van der Waals surface area (Å²) in [6.07, 6.45) is 0.0893. The number of fused-ring (bicyclic) bond motifs is 4.